The maximum absolute atomic E-state index is 12.4. The Kier molecular flexibility index (Phi) is 4.09. The number of carbonyl (C=O) groups is 1. The van der Waals surface area contributed by atoms with Gasteiger partial charge in [-0.3, -0.25) is 4.79 Å². The Balaban J connectivity index is 2.18. The number of hydrogen-bond donors (Lipinski definition) is 2. The van der Waals surface area contributed by atoms with Crippen molar-refractivity contribution in [2.45, 2.75) is 6.18 Å². The molecule has 1 amide bonds. The van der Waals surface area contributed by atoms with E-state index in [1.807, 2.05) is 0 Å². The number of benzene rings is 2. The molecule has 0 saturated heterocycles. The number of halogens is 4. The number of hydrogen-bond acceptors (Lipinski definition) is 2. The minimum absolute atomic E-state index is 0.114. The van der Waals surface area contributed by atoms with Crippen LogP contribution in [0.25, 0.3) is 0 Å². The number of alkyl halides is 3. The Labute approximate surface area is 123 Å². The third-order valence-electron chi connectivity index (χ3n) is 2.77. The molecule has 2 aromatic carbocycles. The van der Waals surface area contributed by atoms with Crippen molar-refractivity contribution >= 4 is 28.9 Å². The van der Waals surface area contributed by atoms with Crippen LogP contribution in [0.3, 0.4) is 0 Å². The highest BCUT2D eigenvalue weighted by Gasteiger charge is 2.30. The Morgan fingerprint density at radius 3 is 2.29 bits per heavy atom. The topological polar surface area (TPSA) is 55.1 Å². The van der Waals surface area contributed by atoms with E-state index in [-0.39, 0.29) is 22.0 Å². The van der Waals surface area contributed by atoms with E-state index >= 15 is 0 Å². The van der Waals surface area contributed by atoms with Gasteiger partial charge in [-0.05, 0) is 36.4 Å². The molecule has 21 heavy (non-hydrogen) atoms. The van der Waals surface area contributed by atoms with Crippen LogP contribution >= 0.6 is 11.6 Å². The molecular formula is C14H10ClF3N2O. The summed E-state index contributed by atoms with van der Waals surface area (Å²) in [4.78, 5) is 12.0. The third-order valence-corrected chi connectivity index (χ3v) is 3.10. The predicted molar refractivity (Wildman–Crippen MR) is 75.3 cm³/mol. The highest BCUT2D eigenvalue weighted by Crippen LogP contribution is 2.30. The average Bonchev–Trinajstić information content (AvgIpc) is 2.41. The zero-order valence-electron chi connectivity index (χ0n) is 10.5. The normalized spacial score (nSPS) is 11.2. The van der Waals surface area contributed by atoms with Crippen molar-refractivity contribution in [3.63, 3.8) is 0 Å². The molecule has 0 fully saturated rings. The number of rotatable bonds is 2. The largest absolute Gasteiger partial charge is 0.416 e. The Hall–Kier alpha value is -2.21. The molecule has 0 heterocycles. The van der Waals surface area contributed by atoms with Crippen LogP contribution in [-0.2, 0) is 6.18 Å². The molecule has 0 bridgehead atoms. The van der Waals surface area contributed by atoms with Gasteiger partial charge in [-0.1, -0.05) is 17.7 Å². The highest BCUT2D eigenvalue weighted by atomic mass is 35.5. The first kappa shape index (κ1) is 15.2. The number of nitrogen functional groups attached to an aromatic ring is 1. The summed E-state index contributed by atoms with van der Waals surface area (Å²) in [6.45, 7) is 0. The standard InChI is InChI=1S/C14H10ClF3N2O/c15-11-3-1-2-10(12(11)19)13(21)20-9-6-4-8(5-7-9)14(16,17)18/h1-7H,19H2,(H,20,21). The number of para-hydroxylation sites is 1. The van der Waals surface area contributed by atoms with Crippen molar-refractivity contribution in [2.75, 3.05) is 11.1 Å². The summed E-state index contributed by atoms with van der Waals surface area (Å²) in [7, 11) is 0. The molecule has 3 N–H and O–H groups in total. The summed E-state index contributed by atoms with van der Waals surface area (Å²) < 4.78 is 37.3. The first-order valence-corrected chi connectivity index (χ1v) is 6.19. The molecule has 0 saturated carbocycles. The molecule has 2 aromatic rings. The van der Waals surface area contributed by atoms with Crippen molar-refractivity contribution < 1.29 is 18.0 Å². The zero-order valence-corrected chi connectivity index (χ0v) is 11.3. The molecule has 0 atom stereocenters. The number of nitrogens with one attached hydrogen (secondary N) is 1. The van der Waals surface area contributed by atoms with Crippen molar-refractivity contribution in [1.29, 1.82) is 0 Å². The van der Waals surface area contributed by atoms with Gasteiger partial charge in [0.2, 0.25) is 0 Å². The lowest BCUT2D eigenvalue weighted by Crippen LogP contribution is -2.14. The number of anilines is 2. The molecule has 0 aliphatic heterocycles. The van der Waals surface area contributed by atoms with Gasteiger partial charge in [-0.15, -0.1) is 0 Å². The molecule has 0 spiro atoms. The van der Waals surface area contributed by atoms with Crippen LogP contribution in [0, 0.1) is 0 Å². The molecular weight excluding hydrogens is 305 g/mol. The fourth-order valence-corrected chi connectivity index (χ4v) is 1.85. The number of amides is 1. The summed E-state index contributed by atoms with van der Waals surface area (Å²) >= 11 is 5.80. The van der Waals surface area contributed by atoms with E-state index in [0.717, 1.165) is 12.1 Å². The van der Waals surface area contributed by atoms with Crippen molar-refractivity contribution in [3.05, 3.63) is 58.6 Å². The third kappa shape index (κ3) is 3.46. The fraction of sp³-hybridized carbons (Fsp3) is 0.0714. The van der Waals surface area contributed by atoms with E-state index in [9.17, 15) is 18.0 Å². The van der Waals surface area contributed by atoms with Crippen LogP contribution in [0.15, 0.2) is 42.5 Å². The first-order valence-electron chi connectivity index (χ1n) is 5.81. The van der Waals surface area contributed by atoms with Gasteiger partial charge >= 0.3 is 6.18 Å². The van der Waals surface area contributed by atoms with Crippen LogP contribution in [0.1, 0.15) is 15.9 Å². The van der Waals surface area contributed by atoms with Crippen molar-refractivity contribution in [2.24, 2.45) is 0 Å². The molecule has 0 aliphatic rings. The second-order valence-electron chi connectivity index (χ2n) is 4.23. The fourth-order valence-electron chi connectivity index (χ4n) is 1.68. The van der Waals surface area contributed by atoms with E-state index in [4.69, 9.17) is 17.3 Å². The van der Waals surface area contributed by atoms with E-state index < -0.39 is 17.6 Å². The smallest absolute Gasteiger partial charge is 0.397 e. The second-order valence-corrected chi connectivity index (χ2v) is 4.64. The molecule has 0 aromatic heterocycles. The monoisotopic (exact) mass is 314 g/mol. The Morgan fingerprint density at radius 2 is 1.71 bits per heavy atom. The Morgan fingerprint density at radius 1 is 1.10 bits per heavy atom. The van der Waals surface area contributed by atoms with Crippen molar-refractivity contribution in [1.82, 2.24) is 0 Å². The molecule has 7 heteroatoms. The number of carbonyl (C=O) groups excluding carboxylic acids is 1. The lowest BCUT2D eigenvalue weighted by molar-refractivity contribution is -0.137. The molecule has 2 rings (SSSR count). The van der Waals surface area contributed by atoms with Crippen LogP contribution in [0.2, 0.25) is 5.02 Å². The van der Waals surface area contributed by atoms with E-state index in [2.05, 4.69) is 5.32 Å². The maximum Gasteiger partial charge on any atom is 0.416 e. The van der Waals surface area contributed by atoms with Gasteiger partial charge in [0.25, 0.3) is 5.91 Å². The van der Waals surface area contributed by atoms with Gasteiger partial charge in [-0.25, -0.2) is 0 Å². The molecule has 110 valence electrons. The highest BCUT2D eigenvalue weighted by molar-refractivity contribution is 6.34. The minimum Gasteiger partial charge on any atom is -0.397 e. The van der Waals surface area contributed by atoms with E-state index in [1.165, 1.54) is 24.3 Å². The van der Waals surface area contributed by atoms with E-state index in [0.29, 0.717) is 0 Å². The SMILES string of the molecule is Nc1c(Cl)cccc1C(=O)Nc1ccc(C(F)(F)F)cc1. The lowest BCUT2D eigenvalue weighted by atomic mass is 10.1. The minimum atomic E-state index is -4.42. The van der Waals surface area contributed by atoms with Crippen LogP contribution in [0.5, 0.6) is 0 Å². The van der Waals surface area contributed by atoms with E-state index in [1.54, 1.807) is 6.07 Å². The van der Waals surface area contributed by atoms with Gasteiger partial charge in [-0.2, -0.15) is 13.2 Å². The maximum atomic E-state index is 12.4. The molecule has 3 nitrogen and oxygen atoms in total. The predicted octanol–water partition coefficient (Wildman–Crippen LogP) is 4.19. The van der Waals surface area contributed by atoms with Crippen LogP contribution < -0.4 is 11.1 Å². The molecule has 0 radical (unpaired) electrons. The average molecular weight is 315 g/mol. The summed E-state index contributed by atoms with van der Waals surface area (Å²) in [5.41, 5.74) is 5.39. The molecule has 0 unspecified atom stereocenters. The summed E-state index contributed by atoms with van der Waals surface area (Å²) in [5, 5.41) is 2.69. The van der Waals surface area contributed by atoms with Crippen LogP contribution in [-0.4, -0.2) is 5.91 Å². The van der Waals surface area contributed by atoms with Gasteiger partial charge in [0, 0.05) is 5.69 Å². The van der Waals surface area contributed by atoms with Crippen molar-refractivity contribution in [3.8, 4) is 0 Å². The zero-order chi connectivity index (χ0) is 15.6. The quantitative estimate of drug-likeness (QED) is 0.816. The second kappa shape index (κ2) is 5.65. The van der Waals surface area contributed by atoms with Gasteiger partial charge in [0.05, 0.1) is 21.8 Å². The first-order chi connectivity index (χ1) is 9.79. The van der Waals surface area contributed by atoms with Gasteiger partial charge in [0.1, 0.15) is 0 Å². The lowest BCUT2D eigenvalue weighted by Gasteiger charge is -2.10. The van der Waals surface area contributed by atoms with Crippen LogP contribution in [0.4, 0.5) is 24.5 Å². The Bertz CT molecular complexity index is 669. The van der Waals surface area contributed by atoms with Gasteiger partial charge in [0.15, 0.2) is 0 Å². The summed E-state index contributed by atoms with van der Waals surface area (Å²) in [6, 6.07) is 8.67. The summed E-state index contributed by atoms with van der Waals surface area (Å²) in [5.74, 6) is -0.547. The summed E-state index contributed by atoms with van der Waals surface area (Å²) in [6.07, 6.45) is -4.42. The number of nitrogens with two attached hydrogens (primary N) is 1. The molecule has 0 aliphatic carbocycles. The van der Waals surface area contributed by atoms with Gasteiger partial charge < -0.3 is 11.1 Å².